The minimum atomic E-state index is -0.298. The first-order valence-corrected chi connectivity index (χ1v) is 7.58. The molecule has 3 atom stereocenters. The van der Waals surface area contributed by atoms with Crippen LogP contribution < -0.4 is 10.6 Å². The van der Waals surface area contributed by atoms with Gasteiger partial charge in [-0.25, -0.2) is 0 Å². The molecule has 7 heteroatoms. The van der Waals surface area contributed by atoms with E-state index < -0.39 is 0 Å². The number of rotatable bonds is 2. The molecule has 0 aromatic heterocycles. The first-order chi connectivity index (χ1) is 9.24. The van der Waals surface area contributed by atoms with Gasteiger partial charge >= 0.3 is 0 Å². The van der Waals surface area contributed by atoms with Crippen molar-refractivity contribution in [2.75, 3.05) is 26.7 Å². The molecule has 1 amide bonds. The fourth-order valence-corrected chi connectivity index (χ4v) is 3.76. The zero-order chi connectivity index (χ0) is 13.2. The van der Waals surface area contributed by atoms with E-state index in [1.165, 1.54) is 19.3 Å². The molecule has 3 aliphatic heterocycles. The number of carbonyl (C=O) groups excluding carboxylic acids is 1. The third kappa shape index (κ3) is 4.45. The summed E-state index contributed by atoms with van der Waals surface area (Å²) >= 11 is 0. The van der Waals surface area contributed by atoms with Gasteiger partial charge in [0.25, 0.3) is 5.91 Å². The van der Waals surface area contributed by atoms with Gasteiger partial charge in [0.2, 0.25) is 0 Å². The molecular formula is C14H27Cl2N3O2. The van der Waals surface area contributed by atoms with Crippen molar-refractivity contribution >= 4 is 30.7 Å². The summed E-state index contributed by atoms with van der Waals surface area (Å²) in [4.78, 5) is 14.7. The van der Waals surface area contributed by atoms with Crippen molar-refractivity contribution < 1.29 is 9.53 Å². The number of carbonyl (C=O) groups is 1. The molecule has 3 unspecified atom stereocenters. The molecule has 2 bridgehead atoms. The second-order valence-corrected chi connectivity index (χ2v) is 6.14. The lowest BCUT2D eigenvalue weighted by atomic mass is 9.82. The van der Waals surface area contributed by atoms with Crippen LogP contribution in [0.4, 0.5) is 0 Å². The molecular weight excluding hydrogens is 313 g/mol. The van der Waals surface area contributed by atoms with E-state index in [9.17, 15) is 4.79 Å². The van der Waals surface area contributed by atoms with Crippen molar-refractivity contribution in [3.05, 3.63) is 0 Å². The van der Waals surface area contributed by atoms with Crippen molar-refractivity contribution in [1.82, 2.24) is 15.5 Å². The van der Waals surface area contributed by atoms with Crippen molar-refractivity contribution in [1.29, 1.82) is 0 Å². The van der Waals surface area contributed by atoms with Gasteiger partial charge in [-0.05, 0) is 32.7 Å². The molecule has 3 rings (SSSR count). The minimum absolute atomic E-state index is 0. The molecule has 3 fully saturated rings. The van der Waals surface area contributed by atoms with Gasteiger partial charge in [0.1, 0.15) is 6.10 Å². The Kier molecular flexibility index (Phi) is 7.71. The number of nitrogens with one attached hydrogen (secondary N) is 2. The number of morpholine rings is 1. The largest absolute Gasteiger partial charge is 0.366 e. The summed E-state index contributed by atoms with van der Waals surface area (Å²) in [6.45, 7) is 2.13. The Balaban J connectivity index is 0.00000110. The summed E-state index contributed by atoms with van der Waals surface area (Å²) in [6.07, 6.45) is 5.79. The van der Waals surface area contributed by atoms with Crippen LogP contribution in [-0.4, -0.2) is 61.8 Å². The Morgan fingerprint density at radius 1 is 1.24 bits per heavy atom. The Morgan fingerprint density at radius 2 is 1.90 bits per heavy atom. The van der Waals surface area contributed by atoms with Crippen molar-refractivity contribution in [3.8, 4) is 0 Å². The molecule has 0 radical (unpaired) electrons. The molecule has 3 heterocycles. The highest BCUT2D eigenvalue weighted by Gasteiger charge is 2.37. The van der Waals surface area contributed by atoms with Crippen LogP contribution in [0.1, 0.15) is 32.1 Å². The van der Waals surface area contributed by atoms with E-state index in [4.69, 9.17) is 4.74 Å². The highest BCUT2D eigenvalue weighted by molar-refractivity contribution is 5.85. The predicted octanol–water partition coefficient (Wildman–Crippen LogP) is 0.950. The third-order valence-corrected chi connectivity index (χ3v) is 4.91. The Bertz CT molecular complexity index is 326. The Hall–Kier alpha value is -0.0700. The molecule has 2 N–H and O–H groups in total. The molecule has 0 saturated carbocycles. The van der Waals surface area contributed by atoms with Crippen LogP contribution in [-0.2, 0) is 9.53 Å². The van der Waals surface area contributed by atoms with Crippen LogP contribution in [0.3, 0.4) is 0 Å². The molecule has 3 aliphatic rings. The zero-order valence-corrected chi connectivity index (χ0v) is 14.2. The fraction of sp³-hybridized carbons (Fsp3) is 0.929. The normalized spacial score (nSPS) is 36.0. The number of ether oxygens (including phenoxy) is 1. The fourth-order valence-electron chi connectivity index (χ4n) is 3.76. The quantitative estimate of drug-likeness (QED) is 0.786. The van der Waals surface area contributed by atoms with Crippen LogP contribution in [0.25, 0.3) is 0 Å². The Morgan fingerprint density at radius 3 is 2.48 bits per heavy atom. The predicted molar refractivity (Wildman–Crippen MR) is 87.5 cm³/mol. The van der Waals surface area contributed by atoms with Crippen LogP contribution in [0.15, 0.2) is 0 Å². The number of nitrogens with zero attached hydrogens (tertiary/aromatic N) is 1. The molecule has 124 valence electrons. The van der Waals surface area contributed by atoms with E-state index in [1.807, 2.05) is 0 Å². The van der Waals surface area contributed by atoms with Gasteiger partial charge in [0.15, 0.2) is 0 Å². The highest BCUT2D eigenvalue weighted by Crippen LogP contribution is 2.32. The minimum Gasteiger partial charge on any atom is -0.366 e. The first-order valence-electron chi connectivity index (χ1n) is 7.58. The first kappa shape index (κ1) is 19.0. The maximum atomic E-state index is 12.2. The molecule has 0 aromatic carbocycles. The smallest absolute Gasteiger partial charge is 0.250 e. The van der Waals surface area contributed by atoms with Gasteiger partial charge in [0.05, 0.1) is 6.61 Å². The number of hydrogen-bond acceptors (Lipinski definition) is 4. The molecule has 0 aliphatic carbocycles. The van der Waals surface area contributed by atoms with E-state index in [2.05, 4.69) is 22.6 Å². The van der Waals surface area contributed by atoms with Crippen LogP contribution in [0.5, 0.6) is 0 Å². The van der Waals surface area contributed by atoms with Gasteiger partial charge in [0, 0.05) is 31.2 Å². The number of hydrogen-bond donors (Lipinski definition) is 2. The van der Waals surface area contributed by atoms with Gasteiger partial charge in [-0.15, -0.1) is 24.8 Å². The van der Waals surface area contributed by atoms with Crippen molar-refractivity contribution in [2.24, 2.45) is 0 Å². The number of fused-ring (bicyclic) bond motifs is 2. The summed E-state index contributed by atoms with van der Waals surface area (Å²) < 4.78 is 5.51. The van der Waals surface area contributed by atoms with Gasteiger partial charge in [-0.2, -0.15) is 0 Å². The second kappa shape index (κ2) is 8.53. The van der Waals surface area contributed by atoms with E-state index in [-0.39, 0.29) is 36.8 Å². The van der Waals surface area contributed by atoms with Gasteiger partial charge in [-0.1, -0.05) is 6.42 Å². The lowest BCUT2D eigenvalue weighted by molar-refractivity contribution is -0.135. The lowest BCUT2D eigenvalue weighted by Crippen LogP contribution is -2.57. The summed E-state index contributed by atoms with van der Waals surface area (Å²) in [6, 6.07) is 1.65. The number of amides is 1. The highest BCUT2D eigenvalue weighted by atomic mass is 35.5. The van der Waals surface area contributed by atoms with E-state index in [1.54, 1.807) is 0 Å². The second-order valence-electron chi connectivity index (χ2n) is 6.14. The summed E-state index contributed by atoms with van der Waals surface area (Å²) in [5.41, 5.74) is 0. The maximum Gasteiger partial charge on any atom is 0.250 e. The summed E-state index contributed by atoms with van der Waals surface area (Å²) in [5, 5.41) is 6.41. The standard InChI is InChI=1S/C14H25N3O2.2ClH/c1-17-11-3-2-4-12(17)8-10(7-11)16-14(18)13-9-15-5-6-19-13;;/h10-13,15H,2-9H2,1H3,(H,16,18);2*1H. The zero-order valence-electron chi connectivity index (χ0n) is 12.5. The summed E-state index contributed by atoms with van der Waals surface area (Å²) in [7, 11) is 2.24. The van der Waals surface area contributed by atoms with E-state index in [0.29, 0.717) is 31.3 Å². The molecule has 0 spiro atoms. The molecule has 5 nitrogen and oxygen atoms in total. The number of piperidine rings is 2. The Labute approximate surface area is 139 Å². The topological polar surface area (TPSA) is 53.6 Å². The van der Waals surface area contributed by atoms with Crippen molar-refractivity contribution in [2.45, 2.75) is 56.3 Å². The summed E-state index contributed by atoms with van der Waals surface area (Å²) in [5.74, 6) is 0.0693. The molecule has 0 aromatic rings. The lowest BCUT2D eigenvalue weighted by Gasteiger charge is -2.47. The van der Waals surface area contributed by atoms with Gasteiger partial charge in [-0.3, -0.25) is 4.79 Å². The molecule has 3 saturated heterocycles. The molecule has 21 heavy (non-hydrogen) atoms. The monoisotopic (exact) mass is 339 g/mol. The van der Waals surface area contributed by atoms with Gasteiger partial charge < -0.3 is 20.3 Å². The number of halogens is 2. The van der Waals surface area contributed by atoms with E-state index >= 15 is 0 Å². The van der Waals surface area contributed by atoms with Crippen LogP contribution >= 0.6 is 24.8 Å². The SMILES string of the molecule is CN1C2CCCC1CC(NC(=O)C1CNCCO1)C2.Cl.Cl. The maximum absolute atomic E-state index is 12.2. The van der Waals surface area contributed by atoms with Crippen LogP contribution in [0, 0.1) is 0 Å². The van der Waals surface area contributed by atoms with E-state index in [0.717, 1.165) is 19.4 Å². The average Bonchev–Trinajstić information content (AvgIpc) is 2.41. The van der Waals surface area contributed by atoms with Crippen molar-refractivity contribution in [3.63, 3.8) is 0 Å². The average molecular weight is 340 g/mol. The van der Waals surface area contributed by atoms with Crippen LogP contribution in [0.2, 0.25) is 0 Å². The third-order valence-electron chi connectivity index (χ3n) is 4.91.